The van der Waals surface area contributed by atoms with Gasteiger partial charge in [0, 0.05) is 23.1 Å². The topological polar surface area (TPSA) is 85.3 Å². The number of fused-ring (bicyclic) bond motifs is 1. The van der Waals surface area contributed by atoms with Crippen LogP contribution in [0.2, 0.25) is 0 Å². The lowest BCUT2D eigenvalue weighted by Crippen LogP contribution is -2.27. The van der Waals surface area contributed by atoms with E-state index in [9.17, 15) is 14.0 Å². The van der Waals surface area contributed by atoms with Gasteiger partial charge in [0.2, 0.25) is 0 Å². The fourth-order valence-electron chi connectivity index (χ4n) is 4.49. The Bertz CT molecular complexity index is 1620. The van der Waals surface area contributed by atoms with Crippen LogP contribution in [0.3, 0.4) is 0 Å². The van der Waals surface area contributed by atoms with Gasteiger partial charge < -0.3 is 15.5 Å². The number of carbonyl (C=O) groups excluding carboxylic acids is 2. The molecule has 0 saturated heterocycles. The maximum Gasteiger partial charge on any atom is 0.253 e. The van der Waals surface area contributed by atoms with Crippen molar-refractivity contribution >= 4 is 34.1 Å². The van der Waals surface area contributed by atoms with Gasteiger partial charge >= 0.3 is 0 Å². The van der Waals surface area contributed by atoms with Crippen LogP contribution < -0.4 is 11.1 Å². The Balaban J connectivity index is 1.51. The second kappa shape index (κ2) is 10.6. The first kappa shape index (κ1) is 25.4. The molecule has 5 aromatic rings. The SMILES string of the molecule is CC(C)CNC(=O)c1cc(Cc2ccc3oc(-c4ccc(F)cc4)c(C(N)=O)c3c2)ccc1-c1ccsc1. The summed E-state index contributed by atoms with van der Waals surface area (Å²) >= 11 is 1.59. The molecule has 0 aliphatic rings. The van der Waals surface area contributed by atoms with E-state index < -0.39 is 5.91 Å². The summed E-state index contributed by atoms with van der Waals surface area (Å²) in [6.07, 6.45) is 0.541. The average Bonchev–Trinajstić information content (AvgIpc) is 3.56. The fourth-order valence-corrected chi connectivity index (χ4v) is 5.15. The summed E-state index contributed by atoms with van der Waals surface area (Å²) in [6.45, 7) is 4.71. The van der Waals surface area contributed by atoms with Crippen LogP contribution in [0.15, 0.2) is 81.9 Å². The van der Waals surface area contributed by atoms with E-state index in [1.165, 1.54) is 12.1 Å². The van der Waals surface area contributed by atoms with Crippen LogP contribution in [0.5, 0.6) is 0 Å². The van der Waals surface area contributed by atoms with Gasteiger partial charge in [0.1, 0.15) is 17.2 Å². The summed E-state index contributed by atoms with van der Waals surface area (Å²) in [5.74, 6) is -0.451. The number of hydrogen-bond donors (Lipinski definition) is 2. The van der Waals surface area contributed by atoms with Gasteiger partial charge in [0.05, 0.1) is 5.56 Å². The lowest BCUT2D eigenvalue weighted by atomic mass is 9.95. The Labute approximate surface area is 224 Å². The molecule has 3 aromatic carbocycles. The van der Waals surface area contributed by atoms with Crippen LogP contribution >= 0.6 is 11.3 Å². The first-order chi connectivity index (χ1) is 18.3. The highest BCUT2D eigenvalue weighted by Gasteiger charge is 2.21. The first-order valence-electron chi connectivity index (χ1n) is 12.3. The molecule has 2 aromatic heterocycles. The molecule has 0 spiro atoms. The number of rotatable bonds is 8. The molecule has 3 N–H and O–H groups in total. The van der Waals surface area contributed by atoms with E-state index in [-0.39, 0.29) is 17.3 Å². The van der Waals surface area contributed by atoms with Crippen molar-refractivity contribution in [3.05, 3.63) is 106 Å². The molecule has 2 amide bonds. The predicted molar refractivity (Wildman–Crippen MR) is 150 cm³/mol. The number of thiophene rings is 1. The predicted octanol–water partition coefficient (Wildman–Crippen LogP) is 7.04. The van der Waals surface area contributed by atoms with Crippen molar-refractivity contribution in [2.45, 2.75) is 20.3 Å². The molecule has 0 aliphatic carbocycles. The van der Waals surface area contributed by atoms with E-state index in [2.05, 4.69) is 19.2 Å². The zero-order valence-electron chi connectivity index (χ0n) is 21.1. The molecule has 0 atom stereocenters. The van der Waals surface area contributed by atoms with Crippen LogP contribution in [0.4, 0.5) is 4.39 Å². The molecular formula is C31H27FN2O3S. The molecule has 0 unspecified atom stereocenters. The number of carbonyl (C=O) groups is 2. The highest BCUT2D eigenvalue weighted by atomic mass is 32.1. The fraction of sp³-hybridized carbons (Fsp3) is 0.161. The molecule has 5 nitrogen and oxygen atoms in total. The third-order valence-corrected chi connectivity index (χ3v) is 7.03. The highest BCUT2D eigenvalue weighted by molar-refractivity contribution is 7.08. The molecule has 7 heteroatoms. The lowest BCUT2D eigenvalue weighted by Gasteiger charge is -2.13. The van der Waals surface area contributed by atoms with Crippen molar-refractivity contribution < 1.29 is 18.4 Å². The maximum absolute atomic E-state index is 13.4. The third-order valence-electron chi connectivity index (χ3n) is 6.35. The molecule has 5 rings (SSSR count). The molecule has 0 saturated carbocycles. The second-order valence-corrected chi connectivity index (χ2v) is 10.5. The van der Waals surface area contributed by atoms with Crippen molar-refractivity contribution in [1.29, 1.82) is 0 Å². The largest absolute Gasteiger partial charge is 0.455 e. The number of furan rings is 1. The molecule has 192 valence electrons. The minimum absolute atomic E-state index is 0.105. The van der Waals surface area contributed by atoms with Gasteiger partial charge in [-0.1, -0.05) is 32.0 Å². The number of primary amides is 1. The van der Waals surface area contributed by atoms with E-state index in [0.717, 1.165) is 22.3 Å². The highest BCUT2D eigenvalue weighted by Crippen LogP contribution is 2.35. The van der Waals surface area contributed by atoms with E-state index in [4.69, 9.17) is 10.2 Å². The smallest absolute Gasteiger partial charge is 0.253 e. The summed E-state index contributed by atoms with van der Waals surface area (Å²) in [7, 11) is 0. The number of nitrogens with one attached hydrogen (secondary N) is 1. The maximum atomic E-state index is 13.4. The number of halogens is 1. The van der Waals surface area contributed by atoms with Crippen LogP contribution in [0.25, 0.3) is 33.4 Å². The lowest BCUT2D eigenvalue weighted by molar-refractivity contribution is 0.0948. The van der Waals surface area contributed by atoms with E-state index >= 15 is 0 Å². The summed E-state index contributed by atoms with van der Waals surface area (Å²) < 4.78 is 19.4. The van der Waals surface area contributed by atoms with Crippen LogP contribution in [-0.2, 0) is 6.42 Å². The van der Waals surface area contributed by atoms with Gasteiger partial charge in [-0.15, -0.1) is 0 Å². The molecule has 2 heterocycles. The van der Waals surface area contributed by atoms with Crippen molar-refractivity contribution in [3.8, 4) is 22.5 Å². The zero-order valence-corrected chi connectivity index (χ0v) is 21.9. The van der Waals surface area contributed by atoms with Crippen LogP contribution in [0.1, 0.15) is 45.7 Å². The Morgan fingerprint density at radius 1 is 0.974 bits per heavy atom. The van der Waals surface area contributed by atoms with Gasteiger partial charge in [-0.2, -0.15) is 11.3 Å². The van der Waals surface area contributed by atoms with Gasteiger partial charge in [-0.25, -0.2) is 4.39 Å². The normalized spacial score (nSPS) is 11.3. The van der Waals surface area contributed by atoms with Gasteiger partial charge in [0.15, 0.2) is 0 Å². The van der Waals surface area contributed by atoms with Crippen molar-refractivity contribution in [2.75, 3.05) is 6.54 Å². The Kier molecular flexibility index (Phi) is 7.11. The minimum Gasteiger partial charge on any atom is -0.455 e. The first-order valence-corrected chi connectivity index (χ1v) is 13.3. The Hall–Kier alpha value is -4.23. The van der Waals surface area contributed by atoms with Gasteiger partial charge in [0.25, 0.3) is 11.8 Å². The molecule has 0 aliphatic heterocycles. The monoisotopic (exact) mass is 526 g/mol. The zero-order chi connectivity index (χ0) is 26.8. The molecule has 0 bridgehead atoms. The van der Waals surface area contributed by atoms with Crippen molar-refractivity contribution in [1.82, 2.24) is 5.32 Å². The summed E-state index contributed by atoms with van der Waals surface area (Å²) in [6, 6.07) is 19.3. The third kappa shape index (κ3) is 5.24. The number of nitrogens with two attached hydrogens (primary N) is 1. The standard InChI is InChI=1S/C31H27FN2O3S/c1-18(2)16-34-31(36)25-14-19(3-9-24(25)22-11-12-38-17-22)13-20-4-10-27-26(15-20)28(30(33)35)29(37-27)21-5-7-23(32)8-6-21/h3-12,14-15,17-18H,13,16H2,1-2H3,(H2,33,35)(H,34,36). The summed E-state index contributed by atoms with van der Waals surface area (Å²) in [5.41, 5.74) is 11.5. The van der Waals surface area contributed by atoms with Crippen LogP contribution in [0, 0.1) is 11.7 Å². The number of amides is 2. The molecular weight excluding hydrogens is 499 g/mol. The molecule has 38 heavy (non-hydrogen) atoms. The number of hydrogen-bond acceptors (Lipinski definition) is 4. The average molecular weight is 527 g/mol. The van der Waals surface area contributed by atoms with Crippen molar-refractivity contribution in [3.63, 3.8) is 0 Å². The van der Waals surface area contributed by atoms with E-state index in [1.54, 1.807) is 29.5 Å². The quantitative estimate of drug-likeness (QED) is 0.227. The van der Waals surface area contributed by atoms with Gasteiger partial charge in [-0.05, 0) is 93.9 Å². The van der Waals surface area contributed by atoms with Crippen molar-refractivity contribution in [2.24, 2.45) is 11.7 Å². The minimum atomic E-state index is -0.621. The summed E-state index contributed by atoms with van der Waals surface area (Å²) in [4.78, 5) is 25.6. The Morgan fingerprint density at radius 3 is 2.39 bits per heavy atom. The van der Waals surface area contributed by atoms with Gasteiger partial charge in [-0.3, -0.25) is 9.59 Å². The van der Waals surface area contributed by atoms with E-state index in [0.29, 0.717) is 46.7 Å². The Morgan fingerprint density at radius 2 is 1.71 bits per heavy atom. The second-order valence-electron chi connectivity index (χ2n) is 9.68. The molecule has 0 fully saturated rings. The van der Waals surface area contributed by atoms with Crippen LogP contribution in [-0.4, -0.2) is 18.4 Å². The molecule has 0 radical (unpaired) electrons. The van der Waals surface area contributed by atoms with E-state index in [1.807, 2.05) is 47.2 Å². The number of benzene rings is 3. The summed E-state index contributed by atoms with van der Waals surface area (Å²) in [5, 5.41) is 7.66.